The smallest absolute Gasteiger partial charge is 0.230 e. The molecule has 2 rings (SSSR count). The number of carbonyl (C=O) groups excluding carboxylic acids is 1. The maximum atomic E-state index is 13.5. The molecule has 0 spiro atoms. The Bertz CT molecular complexity index is 467. The van der Waals surface area contributed by atoms with Crippen LogP contribution in [0, 0.1) is 5.82 Å². The molecule has 110 valence electrons. The molecule has 0 aromatic heterocycles. The van der Waals surface area contributed by atoms with E-state index < -0.39 is 11.5 Å². The Labute approximate surface area is 119 Å². The SMILES string of the molecule is CC(O)CNC(=O)C1(c2cccc(F)c2)CCCCC1. The van der Waals surface area contributed by atoms with Crippen molar-refractivity contribution in [3.8, 4) is 0 Å². The fourth-order valence-corrected chi connectivity index (χ4v) is 3.00. The van der Waals surface area contributed by atoms with Gasteiger partial charge < -0.3 is 10.4 Å². The van der Waals surface area contributed by atoms with Gasteiger partial charge in [0.05, 0.1) is 11.5 Å². The second-order valence-electron chi connectivity index (χ2n) is 5.71. The Morgan fingerprint density at radius 3 is 2.70 bits per heavy atom. The topological polar surface area (TPSA) is 49.3 Å². The molecule has 1 aromatic carbocycles. The van der Waals surface area contributed by atoms with Gasteiger partial charge in [0.25, 0.3) is 0 Å². The lowest BCUT2D eigenvalue weighted by Crippen LogP contribution is -2.47. The summed E-state index contributed by atoms with van der Waals surface area (Å²) in [5, 5.41) is 12.1. The molecule has 0 aliphatic heterocycles. The third-order valence-corrected chi connectivity index (χ3v) is 4.08. The van der Waals surface area contributed by atoms with E-state index in [2.05, 4.69) is 5.32 Å². The van der Waals surface area contributed by atoms with Gasteiger partial charge in [-0.3, -0.25) is 4.79 Å². The highest BCUT2D eigenvalue weighted by Gasteiger charge is 2.41. The van der Waals surface area contributed by atoms with E-state index in [0.29, 0.717) is 0 Å². The largest absolute Gasteiger partial charge is 0.392 e. The zero-order valence-corrected chi connectivity index (χ0v) is 11.9. The number of aliphatic hydroxyl groups is 1. The standard InChI is InChI=1S/C16H22FNO2/c1-12(19)11-18-15(20)16(8-3-2-4-9-16)13-6-5-7-14(17)10-13/h5-7,10,12,19H,2-4,8-9,11H2,1H3,(H,18,20). The third kappa shape index (κ3) is 3.18. The first kappa shape index (κ1) is 15.0. The van der Waals surface area contributed by atoms with E-state index in [9.17, 15) is 14.3 Å². The number of hydrogen-bond donors (Lipinski definition) is 2. The lowest BCUT2D eigenvalue weighted by Gasteiger charge is -2.36. The van der Waals surface area contributed by atoms with Gasteiger partial charge in [0.15, 0.2) is 0 Å². The Kier molecular flexibility index (Phi) is 4.76. The molecule has 1 aliphatic rings. The molecule has 0 bridgehead atoms. The summed E-state index contributed by atoms with van der Waals surface area (Å²) in [6, 6.07) is 6.35. The van der Waals surface area contributed by atoms with Crippen molar-refractivity contribution in [1.82, 2.24) is 5.32 Å². The first-order chi connectivity index (χ1) is 9.54. The van der Waals surface area contributed by atoms with Crippen LogP contribution in [0.2, 0.25) is 0 Å². The van der Waals surface area contributed by atoms with E-state index in [1.165, 1.54) is 12.1 Å². The van der Waals surface area contributed by atoms with Gasteiger partial charge in [-0.05, 0) is 37.5 Å². The van der Waals surface area contributed by atoms with Gasteiger partial charge in [0.2, 0.25) is 5.91 Å². The van der Waals surface area contributed by atoms with Crippen molar-refractivity contribution in [2.75, 3.05) is 6.54 Å². The molecule has 0 saturated heterocycles. The Hall–Kier alpha value is -1.42. The van der Waals surface area contributed by atoms with Gasteiger partial charge in [0, 0.05) is 6.54 Å². The van der Waals surface area contributed by atoms with Crippen molar-refractivity contribution in [2.45, 2.75) is 50.5 Å². The summed E-state index contributed by atoms with van der Waals surface area (Å²) in [7, 11) is 0. The second-order valence-corrected chi connectivity index (χ2v) is 5.71. The lowest BCUT2D eigenvalue weighted by atomic mass is 9.68. The normalized spacial score (nSPS) is 19.4. The zero-order valence-electron chi connectivity index (χ0n) is 11.9. The number of carbonyl (C=O) groups is 1. The number of hydrogen-bond acceptors (Lipinski definition) is 2. The van der Waals surface area contributed by atoms with E-state index in [0.717, 1.165) is 37.7 Å². The monoisotopic (exact) mass is 279 g/mol. The van der Waals surface area contributed by atoms with Crippen LogP contribution >= 0.6 is 0 Å². The van der Waals surface area contributed by atoms with E-state index in [1.54, 1.807) is 13.0 Å². The van der Waals surface area contributed by atoms with E-state index in [1.807, 2.05) is 6.07 Å². The quantitative estimate of drug-likeness (QED) is 0.889. The van der Waals surface area contributed by atoms with Crippen LogP contribution in [-0.2, 0) is 10.2 Å². The molecule has 1 unspecified atom stereocenters. The van der Waals surface area contributed by atoms with Gasteiger partial charge >= 0.3 is 0 Å². The van der Waals surface area contributed by atoms with Crippen molar-refractivity contribution in [1.29, 1.82) is 0 Å². The number of benzene rings is 1. The van der Waals surface area contributed by atoms with Crippen LogP contribution in [0.25, 0.3) is 0 Å². The van der Waals surface area contributed by atoms with Crippen molar-refractivity contribution in [3.63, 3.8) is 0 Å². The Balaban J connectivity index is 2.27. The molecule has 1 amide bonds. The summed E-state index contributed by atoms with van der Waals surface area (Å²) in [6.07, 6.45) is 3.95. The van der Waals surface area contributed by atoms with Crippen molar-refractivity contribution in [2.24, 2.45) is 0 Å². The minimum atomic E-state index is -0.644. The molecule has 1 aliphatic carbocycles. The van der Waals surface area contributed by atoms with Gasteiger partial charge in [-0.25, -0.2) is 4.39 Å². The highest BCUT2D eigenvalue weighted by atomic mass is 19.1. The van der Waals surface area contributed by atoms with Gasteiger partial charge in [-0.1, -0.05) is 31.4 Å². The minimum Gasteiger partial charge on any atom is -0.392 e. The highest BCUT2D eigenvalue weighted by Crippen LogP contribution is 2.39. The second kappa shape index (κ2) is 6.35. The van der Waals surface area contributed by atoms with Crippen LogP contribution in [0.4, 0.5) is 4.39 Å². The number of nitrogens with one attached hydrogen (secondary N) is 1. The van der Waals surface area contributed by atoms with Crippen LogP contribution in [0.5, 0.6) is 0 Å². The maximum Gasteiger partial charge on any atom is 0.230 e. The van der Waals surface area contributed by atoms with Crippen LogP contribution in [0.3, 0.4) is 0 Å². The summed E-state index contributed by atoms with van der Waals surface area (Å²) < 4.78 is 13.5. The number of halogens is 1. The summed E-state index contributed by atoms with van der Waals surface area (Å²) in [6.45, 7) is 1.87. The summed E-state index contributed by atoms with van der Waals surface area (Å²) in [4.78, 5) is 12.6. The number of amides is 1. The molecule has 0 heterocycles. The predicted octanol–water partition coefficient (Wildman–Crippen LogP) is 2.52. The molecule has 1 atom stereocenters. The number of rotatable bonds is 4. The molecule has 20 heavy (non-hydrogen) atoms. The third-order valence-electron chi connectivity index (χ3n) is 4.08. The molecule has 2 N–H and O–H groups in total. The molecular formula is C16H22FNO2. The molecule has 1 saturated carbocycles. The molecular weight excluding hydrogens is 257 g/mol. The summed E-state index contributed by atoms with van der Waals surface area (Å²) >= 11 is 0. The maximum absolute atomic E-state index is 13.5. The van der Waals surface area contributed by atoms with Crippen molar-refractivity contribution >= 4 is 5.91 Å². The fourth-order valence-electron chi connectivity index (χ4n) is 3.00. The summed E-state index contributed by atoms with van der Waals surface area (Å²) in [5.41, 5.74) is 0.107. The van der Waals surface area contributed by atoms with E-state index in [4.69, 9.17) is 0 Å². The van der Waals surface area contributed by atoms with Gasteiger partial charge in [-0.15, -0.1) is 0 Å². The Morgan fingerprint density at radius 2 is 2.10 bits per heavy atom. The predicted molar refractivity (Wildman–Crippen MR) is 75.9 cm³/mol. The highest BCUT2D eigenvalue weighted by molar-refractivity contribution is 5.88. The first-order valence-electron chi connectivity index (χ1n) is 7.27. The van der Waals surface area contributed by atoms with Gasteiger partial charge in [0.1, 0.15) is 5.82 Å². The molecule has 0 radical (unpaired) electrons. The van der Waals surface area contributed by atoms with Crippen molar-refractivity contribution < 1.29 is 14.3 Å². The fraction of sp³-hybridized carbons (Fsp3) is 0.562. The Morgan fingerprint density at radius 1 is 1.40 bits per heavy atom. The van der Waals surface area contributed by atoms with E-state index >= 15 is 0 Å². The van der Waals surface area contributed by atoms with Crippen LogP contribution in [-0.4, -0.2) is 23.7 Å². The molecule has 3 nitrogen and oxygen atoms in total. The molecule has 4 heteroatoms. The van der Waals surface area contributed by atoms with Crippen molar-refractivity contribution in [3.05, 3.63) is 35.6 Å². The minimum absolute atomic E-state index is 0.0938. The number of aliphatic hydroxyl groups excluding tert-OH is 1. The van der Waals surface area contributed by atoms with Gasteiger partial charge in [-0.2, -0.15) is 0 Å². The lowest BCUT2D eigenvalue weighted by molar-refractivity contribution is -0.128. The van der Waals surface area contributed by atoms with Crippen LogP contribution in [0.15, 0.2) is 24.3 Å². The van der Waals surface area contributed by atoms with E-state index in [-0.39, 0.29) is 18.3 Å². The average Bonchev–Trinajstić information content (AvgIpc) is 2.45. The van der Waals surface area contributed by atoms with Crippen LogP contribution < -0.4 is 5.32 Å². The molecule has 1 fully saturated rings. The summed E-state index contributed by atoms with van der Waals surface area (Å²) in [5.74, 6) is -0.403. The first-order valence-corrected chi connectivity index (χ1v) is 7.27. The van der Waals surface area contributed by atoms with Crippen LogP contribution in [0.1, 0.15) is 44.6 Å². The molecule has 1 aromatic rings. The zero-order chi connectivity index (χ0) is 14.6. The average molecular weight is 279 g/mol.